The Bertz CT molecular complexity index is 235. The first-order chi connectivity index (χ1) is 7.56. The van der Waals surface area contributed by atoms with Gasteiger partial charge >= 0.3 is 5.97 Å². The van der Waals surface area contributed by atoms with Gasteiger partial charge in [0.2, 0.25) is 0 Å². The first kappa shape index (κ1) is 15.1. The molecule has 0 heterocycles. The molecule has 0 aliphatic carbocycles. The van der Waals surface area contributed by atoms with Crippen molar-refractivity contribution in [2.24, 2.45) is 0 Å². The summed E-state index contributed by atoms with van der Waals surface area (Å²) in [6.07, 6.45) is 2.08. The van der Waals surface area contributed by atoms with Crippen LogP contribution in [0.3, 0.4) is 0 Å². The van der Waals surface area contributed by atoms with Crippen molar-refractivity contribution in [3.05, 3.63) is 11.6 Å². The van der Waals surface area contributed by atoms with Crippen molar-refractivity contribution in [2.75, 3.05) is 13.7 Å². The third kappa shape index (κ3) is 5.28. The zero-order valence-electron chi connectivity index (χ0n) is 10.5. The number of rotatable bonds is 7. The summed E-state index contributed by atoms with van der Waals surface area (Å²) in [6, 6.07) is 0. The fourth-order valence-electron chi connectivity index (χ4n) is 1.36. The Morgan fingerprint density at radius 2 is 2.06 bits per heavy atom. The molecule has 2 atom stereocenters. The second-order valence-corrected chi connectivity index (χ2v) is 3.63. The van der Waals surface area contributed by atoms with Crippen LogP contribution in [0.2, 0.25) is 0 Å². The van der Waals surface area contributed by atoms with E-state index in [1.807, 2.05) is 6.92 Å². The van der Waals surface area contributed by atoms with Crippen LogP contribution in [-0.4, -0.2) is 37.0 Å². The SMILES string of the molecule is CCC[C@H](O)[C@H](/C=C(\C)C(=O)OCC)OC. The lowest BCUT2D eigenvalue weighted by atomic mass is 10.1. The molecule has 0 bridgehead atoms. The zero-order chi connectivity index (χ0) is 12.6. The van der Waals surface area contributed by atoms with Gasteiger partial charge in [0.05, 0.1) is 12.7 Å². The molecule has 1 N–H and O–H groups in total. The van der Waals surface area contributed by atoms with E-state index in [-0.39, 0.29) is 5.97 Å². The predicted octanol–water partition coefficient (Wildman–Crippen LogP) is 1.67. The lowest BCUT2D eigenvalue weighted by Crippen LogP contribution is -2.26. The van der Waals surface area contributed by atoms with Crippen LogP contribution in [0, 0.1) is 0 Å². The van der Waals surface area contributed by atoms with E-state index in [0.29, 0.717) is 18.6 Å². The molecule has 0 spiro atoms. The molecular weight excluding hydrogens is 208 g/mol. The van der Waals surface area contributed by atoms with Crippen LogP contribution in [-0.2, 0) is 14.3 Å². The minimum atomic E-state index is -0.584. The third-order valence-corrected chi connectivity index (χ3v) is 2.25. The van der Waals surface area contributed by atoms with E-state index < -0.39 is 12.2 Å². The molecule has 0 radical (unpaired) electrons. The van der Waals surface area contributed by atoms with Crippen LogP contribution in [0.5, 0.6) is 0 Å². The van der Waals surface area contributed by atoms with Gasteiger partial charge in [0.1, 0.15) is 6.10 Å². The molecule has 4 heteroatoms. The summed E-state index contributed by atoms with van der Waals surface area (Å²) in [4.78, 5) is 11.3. The number of hydrogen-bond donors (Lipinski definition) is 1. The smallest absolute Gasteiger partial charge is 0.333 e. The summed E-state index contributed by atoms with van der Waals surface area (Å²) in [7, 11) is 1.51. The Kier molecular flexibility index (Phi) is 7.85. The quantitative estimate of drug-likeness (QED) is 0.534. The van der Waals surface area contributed by atoms with Crippen molar-refractivity contribution in [2.45, 2.75) is 45.8 Å². The normalized spacial score (nSPS) is 15.7. The fraction of sp³-hybridized carbons (Fsp3) is 0.750. The minimum absolute atomic E-state index is 0.346. The standard InChI is InChI=1S/C12H22O4/c1-5-7-10(13)11(15-4)8-9(3)12(14)16-6-2/h8,10-11,13H,5-7H2,1-4H3/b9-8+/t10-,11-/m0/s1. The average Bonchev–Trinajstić information content (AvgIpc) is 2.26. The van der Waals surface area contributed by atoms with Crippen LogP contribution < -0.4 is 0 Å². The molecule has 0 saturated carbocycles. The van der Waals surface area contributed by atoms with Crippen LogP contribution >= 0.6 is 0 Å². The molecule has 0 unspecified atom stereocenters. The lowest BCUT2D eigenvalue weighted by Gasteiger charge is -2.18. The van der Waals surface area contributed by atoms with Gasteiger partial charge in [0, 0.05) is 12.7 Å². The number of esters is 1. The molecule has 0 aromatic rings. The van der Waals surface area contributed by atoms with Gasteiger partial charge in [0.25, 0.3) is 0 Å². The minimum Gasteiger partial charge on any atom is -0.463 e. The van der Waals surface area contributed by atoms with Crippen molar-refractivity contribution >= 4 is 5.97 Å². The second-order valence-electron chi connectivity index (χ2n) is 3.63. The van der Waals surface area contributed by atoms with Crippen LogP contribution in [0.4, 0.5) is 0 Å². The summed E-state index contributed by atoms with van der Waals surface area (Å²) < 4.78 is 9.97. The fourth-order valence-corrected chi connectivity index (χ4v) is 1.36. The van der Waals surface area contributed by atoms with E-state index in [9.17, 15) is 9.90 Å². The molecule has 16 heavy (non-hydrogen) atoms. The molecule has 0 fully saturated rings. The number of carbonyl (C=O) groups is 1. The van der Waals surface area contributed by atoms with Crippen molar-refractivity contribution in [1.82, 2.24) is 0 Å². The number of aliphatic hydroxyl groups is 1. The van der Waals surface area contributed by atoms with Crippen LogP contribution in [0.25, 0.3) is 0 Å². The molecule has 0 amide bonds. The van der Waals surface area contributed by atoms with Gasteiger partial charge < -0.3 is 14.6 Å². The first-order valence-corrected chi connectivity index (χ1v) is 5.63. The Morgan fingerprint density at radius 1 is 1.44 bits per heavy atom. The highest BCUT2D eigenvalue weighted by atomic mass is 16.5. The molecule has 4 nitrogen and oxygen atoms in total. The number of aliphatic hydroxyl groups excluding tert-OH is 1. The summed E-state index contributed by atoms with van der Waals surface area (Å²) in [6.45, 7) is 5.74. The predicted molar refractivity (Wildman–Crippen MR) is 62.1 cm³/mol. The van der Waals surface area contributed by atoms with Crippen molar-refractivity contribution in [3.8, 4) is 0 Å². The van der Waals surface area contributed by atoms with Crippen molar-refractivity contribution < 1.29 is 19.4 Å². The highest BCUT2D eigenvalue weighted by Crippen LogP contribution is 2.10. The largest absolute Gasteiger partial charge is 0.463 e. The molecule has 0 aliphatic rings. The van der Waals surface area contributed by atoms with Gasteiger partial charge in [-0.15, -0.1) is 0 Å². The molecule has 0 aliphatic heterocycles. The van der Waals surface area contributed by atoms with E-state index in [2.05, 4.69) is 0 Å². The Morgan fingerprint density at radius 3 is 2.50 bits per heavy atom. The van der Waals surface area contributed by atoms with Crippen molar-refractivity contribution in [1.29, 1.82) is 0 Å². The van der Waals surface area contributed by atoms with E-state index in [0.717, 1.165) is 6.42 Å². The molecule has 0 aromatic heterocycles. The van der Waals surface area contributed by atoms with Gasteiger partial charge in [-0.25, -0.2) is 4.79 Å². The van der Waals surface area contributed by atoms with Gasteiger partial charge in [-0.3, -0.25) is 0 Å². The number of carbonyl (C=O) groups excluding carboxylic acids is 1. The van der Waals surface area contributed by atoms with Gasteiger partial charge in [-0.1, -0.05) is 13.3 Å². The monoisotopic (exact) mass is 230 g/mol. The zero-order valence-corrected chi connectivity index (χ0v) is 10.5. The van der Waals surface area contributed by atoms with Gasteiger partial charge in [-0.05, 0) is 26.3 Å². The highest BCUT2D eigenvalue weighted by Gasteiger charge is 2.17. The Labute approximate surface area is 97.2 Å². The summed E-state index contributed by atoms with van der Waals surface area (Å²) >= 11 is 0. The van der Waals surface area contributed by atoms with Crippen molar-refractivity contribution in [3.63, 3.8) is 0 Å². The lowest BCUT2D eigenvalue weighted by molar-refractivity contribution is -0.138. The summed E-state index contributed by atoms with van der Waals surface area (Å²) in [5.41, 5.74) is 0.462. The second kappa shape index (κ2) is 8.30. The third-order valence-electron chi connectivity index (χ3n) is 2.25. The Hall–Kier alpha value is -0.870. The maximum Gasteiger partial charge on any atom is 0.333 e. The molecule has 0 aromatic carbocycles. The summed E-state index contributed by atoms with van der Waals surface area (Å²) in [5.74, 6) is -0.367. The molecule has 0 rings (SSSR count). The van der Waals surface area contributed by atoms with Crippen LogP contribution in [0.1, 0.15) is 33.6 Å². The first-order valence-electron chi connectivity index (χ1n) is 5.63. The van der Waals surface area contributed by atoms with E-state index in [1.165, 1.54) is 7.11 Å². The molecule has 0 saturated heterocycles. The topological polar surface area (TPSA) is 55.8 Å². The number of methoxy groups -OCH3 is 1. The maximum absolute atomic E-state index is 11.3. The Balaban J connectivity index is 4.48. The number of ether oxygens (including phenoxy) is 2. The maximum atomic E-state index is 11.3. The molecular formula is C12H22O4. The van der Waals surface area contributed by atoms with E-state index >= 15 is 0 Å². The number of hydrogen-bond acceptors (Lipinski definition) is 4. The van der Waals surface area contributed by atoms with Gasteiger partial charge in [-0.2, -0.15) is 0 Å². The van der Waals surface area contributed by atoms with Crippen LogP contribution in [0.15, 0.2) is 11.6 Å². The summed E-state index contributed by atoms with van der Waals surface area (Å²) in [5, 5.41) is 9.75. The average molecular weight is 230 g/mol. The van der Waals surface area contributed by atoms with E-state index in [1.54, 1.807) is 19.9 Å². The molecule has 94 valence electrons. The highest BCUT2D eigenvalue weighted by molar-refractivity contribution is 5.87. The van der Waals surface area contributed by atoms with E-state index in [4.69, 9.17) is 9.47 Å². The van der Waals surface area contributed by atoms with Gasteiger partial charge in [0.15, 0.2) is 0 Å².